The Bertz CT molecular complexity index is 233. The highest BCUT2D eigenvalue weighted by Gasteiger charge is 2.00. The third kappa shape index (κ3) is 3.02. The average molecular weight is 184 g/mol. The van der Waals surface area contributed by atoms with Gasteiger partial charge in [0.25, 0.3) is 0 Å². The summed E-state index contributed by atoms with van der Waals surface area (Å²) in [5.41, 5.74) is 5.13. The van der Waals surface area contributed by atoms with E-state index < -0.39 is 0 Å². The summed E-state index contributed by atoms with van der Waals surface area (Å²) in [6.07, 6.45) is 1.37. The SMILES string of the molecule is CNNC(=O)CCc1cccs1. The van der Waals surface area contributed by atoms with E-state index in [0.717, 1.165) is 6.42 Å². The molecule has 4 heteroatoms. The number of amides is 1. The third-order valence-corrected chi connectivity index (χ3v) is 2.38. The molecule has 0 spiro atoms. The van der Waals surface area contributed by atoms with Crippen LogP contribution < -0.4 is 10.9 Å². The van der Waals surface area contributed by atoms with Crippen molar-refractivity contribution in [2.24, 2.45) is 0 Å². The maximum Gasteiger partial charge on any atom is 0.234 e. The normalized spacial score (nSPS) is 9.75. The molecule has 0 fully saturated rings. The van der Waals surface area contributed by atoms with Gasteiger partial charge in [0.1, 0.15) is 0 Å². The Morgan fingerprint density at radius 1 is 1.67 bits per heavy atom. The molecule has 0 unspecified atom stereocenters. The van der Waals surface area contributed by atoms with E-state index in [2.05, 4.69) is 10.9 Å². The first kappa shape index (κ1) is 9.22. The molecule has 0 aliphatic rings. The molecule has 0 aliphatic carbocycles. The number of thiophene rings is 1. The van der Waals surface area contributed by atoms with Crippen molar-refractivity contribution in [2.45, 2.75) is 12.8 Å². The van der Waals surface area contributed by atoms with E-state index in [0.29, 0.717) is 6.42 Å². The van der Waals surface area contributed by atoms with Crippen LogP contribution in [0.5, 0.6) is 0 Å². The van der Waals surface area contributed by atoms with Gasteiger partial charge < -0.3 is 0 Å². The lowest BCUT2D eigenvalue weighted by Crippen LogP contribution is -2.34. The summed E-state index contributed by atoms with van der Waals surface area (Å²) in [5, 5.41) is 2.02. The number of carbonyl (C=O) groups excluding carboxylic acids is 1. The number of rotatable bonds is 4. The van der Waals surface area contributed by atoms with Crippen molar-refractivity contribution in [1.82, 2.24) is 10.9 Å². The largest absolute Gasteiger partial charge is 0.292 e. The molecule has 1 amide bonds. The van der Waals surface area contributed by atoms with E-state index in [4.69, 9.17) is 0 Å². The summed E-state index contributed by atoms with van der Waals surface area (Å²) in [5.74, 6) is 0.0332. The molecular formula is C8H12N2OS. The van der Waals surface area contributed by atoms with E-state index in [1.807, 2.05) is 17.5 Å². The number of carbonyl (C=O) groups is 1. The van der Waals surface area contributed by atoms with Gasteiger partial charge in [-0.15, -0.1) is 11.3 Å². The fourth-order valence-electron chi connectivity index (χ4n) is 0.893. The quantitative estimate of drug-likeness (QED) is 0.683. The lowest BCUT2D eigenvalue weighted by Gasteiger charge is -2.00. The molecule has 0 bridgehead atoms. The third-order valence-electron chi connectivity index (χ3n) is 1.44. The fraction of sp³-hybridized carbons (Fsp3) is 0.375. The Hall–Kier alpha value is -0.870. The van der Waals surface area contributed by atoms with Crippen molar-refractivity contribution >= 4 is 17.2 Å². The number of aryl methyl sites for hydroxylation is 1. The molecule has 2 N–H and O–H groups in total. The van der Waals surface area contributed by atoms with Crippen molar-refractivity contribution in [3.05, 3.63) is 22.4 Å². The van der Waals surface area contributed by atoms with E-state index in [9.17, 15) is 4.79 Å². The average Bonchev–Trinajstić information content (AvgIpc) is 2.53. The Kier molecular flexibility index (Phi) is 3.76. The topological polar surface area (TPSA) is 41.1 Å². The van der Waals surface area contributed by atoms with Gasteiger partial charge in [0.05, 0.1) is 0 Å². The first-order valence-electron chi connectivity index (χ1n) is 3.81. The molecule has 0 aliphatic heterocycles. The number of nitrogens with one attached hydrogen (secondary N) is 2. The van der Waals surface area contributed by atoms with Crippen molar-refractivity contribution in [3.8, 4) is 0 Å². The molecule has 66 valence electrons. The highest BCUT2D eigenvalue weighted by atomic mass is 32.1. The Balaban J connectivity index is 2.22. The maximum absolute atomic E-state index is 11.0. The second kappa shape index (κ2) is 4.90. The van der Waals surface area contributed by atoms with Crippen LogP contribution in [0.1, 0.15) is 11.3 Å². The predicted molar refractivity (Wildman–Crippen MR) is 49.8 cm³/mol. The second-order valence-electron chi connectivity index (χ2n) is 2.38. The molecule has 1 aromatic heterocycles. The summed E-state index contributed by atoms with van der Waals surface area (Å²) >= 11 is 1.68. The molecule has 0 atom stereocenters. The summed E-state index contributed by atoms with van der Waals surface area (Å²) in [7, 11) is 1.68. The van der Waals surface area contributed by atoms with Crippen molar-refractivity contribution in [2.75, 3.05) is 7.05 Å². The van der Waals surface area contributed by atoms with Crippen molar-refractivity contribution < 1.29 is 4.79 Å². The Morgan fingerprint density at radius 3 is 3.08 bits per heavy atom. The molecule has 0 saturated carbocycles. The van der Waals surface area contributed by atoms with Crippen molar-refractivity contribution in [1.29, 1.82) is 0 Å². The predicted octanol–water partition coefficient (Wildman–Crippen LogP) is 0.931. The first-order chi connectivity index (χ1) is 5.83. The molecule has 3 nitrogen and oxygen atoms in total. The fourth-order valence-corrected chi connectivity index (χ4v) is 1.60. The minimum absolute atomic E-state index is 0.0332. The zero-order valence-electron chi connectivity index (χ0n) is 6.96. The molecule has 1 aromatic rings. The van der Waals surface area contributed by atoms with Crippen LogP contribution in [-0.4, -0.2) is 13.0 Å². The monoisotopic (exact) mass is 184 g/mol. The van der Waals surface area contributed by atoms with Gasteiger partial charge in [0, 0.05) is 18.3 Å². The van der Waals surface area contributed by atoms with Gasteiger partial charge >= 0.3 is 0 Å². The number of hydrogen-bond donors (Lipinski definition) is 2. The summed E-state index contributed by atoms with van der Waals surface area (Å²) in [4.78, 5) is 12.2. The van der Waals surface area contributed by atoms with Crippen LogP contribution in [0.25, 0.3) is 0 Å². The number of hydrogen-bond acceptors (Lipinski definition) is 3. The summed E-state index contributed by atoms with van der Waals surface area (Å²) in [6.45, 7) is 0. The van der Waals surface area contributed by atoms with Crippen LogP contribution >= 0.6 is 11.3 Å². The smallest absolute Gasteiger partial charge is 0.234 e. The summed E-state index contributed by atoms with van der Waals surface area (Å²) < 4.78 is 0. The number of hydrazine groups is 1. The highest BCUT2D eigenvalue weighted by Crippen LogP contribution is 2.10. The molecule has 1 heterocycles. The van der Waals surface area contributed by atoms with E-state index in [-0.39, 0.29) is 5.91 Å². The molecular weight excluding hydrogens is 172 g/mol. The van der Waals surface area contributed by atoms with E-state index in [1.165, 1.54) is 4.88 Å². The van der Waals surface area contributed by atoms with Crippen molar-refractivity contribution in [3.63, 3.8) is 0 Å². The Morgan fingerprint density at radius 2 is 2.50 bits per heavy atom. The standard InChI is InChI=1S/C8H12N2OS/c1-9-10-8(11)5-4-7-3-2-6-12-7/h2-3,6,9H,4-5H2,1H3,(H,10,11). The molecule has 0 radical (unpaired) electrons. The van der Waals surface area contributed by atoms with Gasteiger partial charge in [-0.1, -0.05) is 6.07 Å². The first-order valence-corrected chi connectivity index (χ1v) is 4.69. The lowest BCUT2D eigenvalue weighted by atomic mass is 10.2. The maximum atomic E-state index is 11.0. The van der Waals surface area contributed by atoms with Gasteiger partial charge in [-0.3, -0.25) is 10.2 Å². The molecule has 12 heavy (non-hydrogen) atoms. The minimum atomic E-state index is 0.0332. The van der Waals surface area contributed by atoms with Gasteiger partial charge in [-0.05, 0) is 17.9 Å². The van der Waals surface area contributed by atoms with E-state index in [1.54, 1.807) is 18.4 Å². The van der Waals surface area contributed by atoms with E-state index >= 15 is 0 Å². The minimum Gasteiger partial charge on any atom is -0.292 e. The lowest BCUT2D eigenvalue weighted by molar-refractivity contribution is -0.121. The highest BCUT2D eigenvalue weighted by molar-refractivity contribution is 7.09. The molecule has 0 saturated heterocycles. The molecule has 1 rings (SSSR count). The van der Waals surface area contributed by atoms with Crippen LogP contribution in [0, 0.1) is 0 Å². The van der Waals surface area contributed by atoms with Crippen LogP contribution in [0.15, 0.2) is 17.5 Å². The van der Waals surface area contributed by atoms with Gasteiger partial charge in [0.2, 0.25) is 5.91 Å². The Labute approximate surface area is 75.8 Å². The molecule has 0 aromatic carbocycles. The van der Waals surface area contributed by atoms with Gasteiger partial charge in [-0.2, -0.15) is 0 Å². The zero-order valence-corrected chi connectivity index (χ0v) is 7.78. The van der Waals surface area contributed by atoms with Gasteiger partial charge in [0.15, 0.2) is 0 Å². The van der Waals surface area contributed by atoms with Crippen LogP contribution in [0.2, 0.25) is 0 Å². The zero-order chi connectivity index (χ0) is 8.81. The van der Waals surface area contributed by atoms with Crippen LogP contribution in [-0.2, 0) is 11.2 Å². The van der Waals surface area contributed by atoms with Crippen LogP contribution in [0.4, 0.5) is 0 Å². The van der Waals surface area contributed by atoms with Gasteiger partial charge in [-0.25, -0.2) is 5.43 Å². The van der Waals surface area contributed by atoms with Crippen LogP contribution in [0.3, 0.4) is 0 Å². The second-order valence-corrected chi connectivity index (χ2v) is 3.41. The summed E-state index contributed by atoms with van der Waals surface area (Å²) in [6, 6.07) is 4.04.